The van der Waals surface area contributed by atoms with Crippen molar-refractivity contribution in [2.24, 2.45) is 5.73 Å². The lowest BCUT2D eigenvalue weighted by atomic mass is 9.85. The first-order valence-electron chi connectivity index (χ1n) is 12.0. The normalized spacial score (nSPS) is 21.8. The van der Waals surface area contributed by atoms with Gasteiger partial charge in [0.25, 0.3) is 5.91 Å². The lowest BCUT2D eigenvalue weighted by Gasteiger charge is -2.42. The summed E-state index contributed by atoms with van der Waals surface area (Å²) in [7, 11) is -6.38. The number of ether oxygens (including phenoxy) is 1. The summed E-state index contributed by atoms with van der Waals surface area (Å²) in [6.45, 7) is 10.3. The number of fused-ring (bicyclic) bond motifs is 1. The van der Waals surface area contributed by atoms with Crippen LogP contribution in [0.4, 0.5) is 10.1 Å². The SMILES string of the molecule is CC(C)(C)[Si](C)(C)O[C@H]1Cc2cc(OCc3ccccc3)c(N3CC(=O)NS3(=O)=O)c(F)c2C[C@@H]1N. The van der Waals surface area contributed by atoms with Crippen LogP contribution in [0.3, 0.4) is 0 Å². The van der Waals surface area contributed by atoms with E-state index in [4.69, 9.17) is 14.9 Å². The van der Waals surface area contributed by atoms with E-state index in [2.05, 4.69) is 33.9 Å². The number of carbonyl (C=O) groups is 1. The van der Waals surface area contributed by atoms with Crippen molar-refractivity contribution in [3.63, 3.8) is 0 Å². The van der Waals surface area contributed by atoms with Crippen molar-refractivity contribution < 1.29 is 26.8 Å². The highest BCUT2D eigenvalue weighted by molar-refractivity contribution is 7.92. The van der Waals surface area contributed by atoms with Gasteiger partial charge < -0.3 is 14.9 Å². The van der Waals surface area contributed by atoms with Gasteiger partial charge in [-0.2, -0.15) is 8.42 Å². The molecule has 2 aromatic carbocycles. The van der Waals surface area contributed by atoms with E-state index in [1.165, 1.54) is 0 Å². The molecule has 1 amide bonds. The standard InChI is InChI=1S/C25H34FN3O5SSi/c1-25(2,3)36(4,5)34-20-11-17-12-21(33-15-16-9-7-6-8-10-16)24(23(26)18(17)13-19(20)27)29-14-22(30)28-35(29,31)32/h6-10,12,19-20H,11,13-15,27H2,1-5H3,(H,28,30)/t19-,20-/m0/s1. The average molecular weight is 536 g/mol. The number of nitrogens with one attached hydrogen (secondary N) is 1. The Morgan fingerprint density at radius 2 is 1.86 bits per heavy atom. The summed E-state index contributed by atoms with van der Waals surface area (Å²) in [6.07, 6.45) is 0.262. The number of hydrogen-bond acceptors (Lipinski definition) is 6. The van der Waals surface area contributed by atoms with Gasteiger partial charge in [0, 0.05) is 6.04 Å². The van der Waals surface area contributed by atoms with Gasteiger partial charge >= 0.3 is 10.2 Å². The molecule has 0 unspecified atom stereocenters. The predicted molar refractivity (Wildman–Crippen MR) is 139 cm³/mol. The number of nitrogens with two attached hydrogens (primary N) is 1. The second kappa shape index (κ2) is 9.44. The van der Waals surface area contributed by atoms with E-state index in [9.17, 15) is 13.2 Å². The molecule has 2 aromatic rings. The summed E-state index contributed by atoms with van der Waals surface area (Å²) in [5.41, 5.74) is 8.02. The fourth-order valence-corrected chi connectivity index (χ4v) is 6.78. The average Bonchev–Trinajstić information content (AvgIpc) is 3.04. The number of benzene rings is 2. The Hall–Kier alpha value is -2.47. The monoisotopic (exact) mass is 535 g/mol. The summed E-state index contributed by atoms with van der Waals surface area (Å²) < 4.78 is 56.5. The third-order valence-corrected chi connectivity index (χ3v) is 13.2. The molecule has 0 radical (unpaired) electrons. The van der Waals surface area contributed by atoms with Crippen LogP contribution >= 0.6 is 0 Å². The molecule has 2 aliphatic rings. The Morgan fingerprint density at radius 1 is 1.19 bits per heavy atom. The quantitative estimate of drug-likeness (QED) is 0.549. The van der Waals surface area contributed by atoms with Gasteiger partial charge in [0.05, 0.1) is 6.10 Å². The van der Waals surface area contributed by atoms with Gasteiger partial charge in [0.2, 0.25) is 0 Å². The van der Waals surface area contributed by atoms with Crippen LogP contribution in [0.15, 0.2) is 36.4 Å². The van der Waals surface area contributed by atoms with E-state index in [0.29, 0.717) is 17.5 Å². The van der Waals surface area contributed by atoms with Gasteiger partial charge in [-0.1, -0.05) is 51.1 Å². The Bertz CT molecular complexity index is 1260. The van der Waals surface area contributed by atoms with Crippen molar-refractivity contribution in [2.45, 2.75) is 70.5 Å². The Balaban J connectivity index is 1.75. The number of rotatable bonds is 6. The molecule has 1 saturated heterocycles. The second-order valence-electron chi connectivity index (χ2n) is 11.0. The number of halogens is 1. The largest absolute Gasteiger partial charge is 0.487 e. The molecule has 3 N–H and O–H groups in total. The maximum Gasteiger partial charge on any atom is 0.326 e. The van der Waals surface area contributed by atoms with Crippen LogP contribution in [0, 0.1) is 5.82 Å². The lowest BCUT2D eigenvalue weighted by molar-refractivity contribution is -0.117. The molecule has 2 atom stereocenters. The van der Waals surface area contributed by atoms with E-state index >= 15 is 4.39 Å². The van der Waals surface area contributed by atoms with Crippen molar-refractivity contribution in [3.8, 4) is 5.75 Å². The van der Waals surface area contributed by atoms with Crippen LogP contribution in [0.25, 0.3) is 0 Å². The third kappa shape index (κ3) is 5.15. The minimum atomic E-state index is -4.25. The van der Waals surface area contributed by atoms with Gasteiger partial charge in [0.15, 0.2) is 14.1 Å². The van der Waals surface area contributed by atoms with E-state index in [-0.39, 0.29) is 35.6 Å². The summed E-state index contributed by atoms with van der Waals surface area (Å²) >= 11 is 0. The highest BCUT2D eigenvalue weighted by Gasteiger charge is 2.43. The van der Waals surface area contributed by atoms with E-state index in [1.807, 2.05) is 35.1 Å². The van der Waals surface area contributed by atoms with Gasteiger partial charge in [-0.05, 0) is 53.7 Å². The number of carbonyl (C=O) groups excluding carboxylic acids is 1. The molecule has 36 heavy (non-hydrogen) atoms. The van der Waals surface area contributed by atoms with Gasteiger partial charge in [-0.3, -0.25) is 4.79 Å². The van der Waals surface area contributed by atoms with E-state index in [1.54, 1.807) is 6.07 Å². The number of amides is 1. The molecule has 1 aliphatic carbocycles. The topological polar surface area (TPSA) is 111 Å². The van der Waals surface area contributed by atoms with Gasteiger partial charge in [-0.25, -0.2) is 13.4 Å². The molecule has 0 spiro atoms. The first kappa shape index (κ1) is 26.6. The van der Waals surface area contributed by atoms with Crippen molar-refractivity contribution in [1.29, 1.82) is 0 Å². The number of nitrogens with zero attached hydrogens (tertiary/aromatic N) is 1. The Kier molecular flexibility index (Phi) is 6.97. The molecule has 0 aromatic heterocycles. The zero-order valence-electron chi connectivity index (χ0n) is 21.3. The molecule has 1 heterocycles. The zero-order valence-corrected chi connectivity index (χ0v) is 23.1. The van der Waals surface area contributed by atoms with Gasteiger partial charge in [0.1, 0.15) is 24.6 Å². The molecule has 1 fully saturated rings. The zero-order chi connectivity index (χ0) is 26.5. The molecule has 4 rings (SSSR count). The van der Waals surface area contributed by atoms with Crippen LogP contribution in [0.1, 0.15) is 37.5 Å². The highest BCUT2D eigenvalue weighted by Crippen LogP contribution is 2.43. The molecular formula is C25H34FN3O5SSi. The van der Waals surface area contributed by atoms with Crippen molar-refractivity contribution >= 4 is 30.1 Å². The summed E-state index contributed by atoms with van der Waals surface area (Å²) in [5, 5.41) is -0.0181. The molecule has 0 saturated carbocycles. The molecule has 8 nitrogen and oxygen atoms in total. The maximum atomic E-state index is 16.1. The number of anilines is 1. The summed E-state index contributed by atoms with van der Waals surface area (Å²) in [5.74, 6) is -1.42. The third-order valence-electron chi connectivity index (χ3n) is 7.30. The predicted octanol–water partition coefficient (Wildman–Crippen LogP) is 3.40. The van der Waals surface area contributed by atoms with Crippen LogP contribution in [-0.4, -0.2) is 41.3 Å². The second-order valence-corrected chi connectivity index (χ2v) is 17.3. The highest BCUT2D eigenvalue weighted by atomic mass is 32.2. The van der Waals surface area contributed by atoms with Gasteiger partial charge in [-0.15, -0.1) is 0 Å². The first-order chi connectivity index (χ1) is 16.7. The number of hydrogen-bond donors (Lipinski definition) is 2. The van der Waals surface area contributed by atoms with Crippen LogP contribution in [0.5, 0.6) is 5.75 Å². The molecular weight excluding hydrogens is 501 g/mol. The van der Waals surface area contributed by atoms with E-state index < -0.39 is 42.8 Å². The summed E-state index contributed by atoms with van der Waals surface area (Å²) in [6, 6.07) is 10.5. The smallest absolute Gasteiger partial charge is 0.326 e. The lowest BCUT2D eigenvalue weighted by Crippen LogP contribution is -2.52. The Morgan fingerprint density at radius 3 is 2.44 bits per heavy atom. The van der Waals surface area contributed by atoms with Crippen LogP contribution in [-0.2, 0) is 38.9 Å². The molecule has 1 aliphatic heterocycles. The minimum Gasteiger partial charge on any atom is -0.487 e. The molecule has 196 valence electrons. The van der Waals surface area contributed by atoms with Crippen molar-refractivity contribution in [3.05, 3.63) is 58.9 Å². The van der Waals surface area contributed by atoms with Crippen LogP contribution in [0.2, 0.25) is 18.1 Å². The fourth-order valence-electron chi connectivity index (χ4n) is 4.25. The van der Waals surface area contributed by atoms with Crippen molar-refractivity contribution in [1.82, 2.24) is 4.72 Å². The minimum absolute atomic E-state index is 0.0181. The maximum absolute atomic E-state index is 16.1. The molecule has 11 heteroatoms. The van der Waals surface area contributed by atoms with E-state index in [0.717, 1.165) is 9.87 Å². The first-order valence-corrected chi connectivity index (χ1v) is 16.3. The Labute approximate surface area is 213 Å². The summed E-state index contributed by atoms with van der Waals surface area (Å²) in [4.78, 5) is 11.9. The van der Waals surface area contributed by atoms with Crippen LogP contribution < -0.4 is 19.5 Å². The fraction of sp³-hybridized carbons (Fsp3) is 0.480. The molecule has 0 bridgehead atoms. The van der Waals surface area contributed by atoms with Crippen molar-refractivity contribution in [2.75, 3.05) is 10.8 Å².